The van der Waals surface area contributed by atoms with E-state index in [2.05, 4.69) is 21.9 Å². The molecule has 0 fully saturated rings. The first-order valence-electron chi connectivity index (χ1n) is 5.05. The first kappa shape index (κ1) is 13.6. The lowest BCUT2D eigenvalue weighted by Gasteiger charge is -2.11. The molecule has 0 radical (unpaired) electrons. The fourth-order valence-electron chi connectivity index (χ4n) is 1.20. The second-order valence-electron chi connectivity index (χ2n) is 3.60. The van der Waals surface area contributed by atoms with Crippen molar-refractivity contribution in [1.82, 2.24) is 15.0 Å². The molecule has 1 rings (SSSR count). The van der Waals surface area contributed by atoms with Gasteiger partial charge >= 0.3 is 0 Å². The molecule has 0 aliphatic heterocycles. The Morgan fingerprint density at radius 2 is 2.25 bits per heavy atom. The highest BCUT2D eigenvalue weighted by atomic mass is 32.2. The molecule has 1 aromatic heterocycles. The molecule has 1 heterocycles. The Bertz CT molecular complexity index is 389. The van der Waals surface area contributed by atoms with Crippen LogP contribution in [0, 0.1) is 0 Å². The van der Waals surface area contributed by atoms with Gasteiger partial charge in [-0.2, -0.15) is 0 Å². The highest BCUT2D eigenvalue weighted by Crippen LogP contribution is 2.15. The third-order valence-electron chi connectivity index (χ3n) is 2.05. The minimum atomic E-state index is -3.05. The molecule has 0 aromatic carbocycles. The Balaban J connectivity index is 2.12. The molecule has 1 aromatic rings. The van der Waals surface area contributed by atoms with E-state index in [0.717, 1.165) is 13.0 Å². The molecular formula is C9H17N3O2S2. The summed E-state index contributed by atoms with van der Waals surface area (Å²) in [5.74, 6) is 0. The van der Waals surface area contributed by atoms with Crippen LogP contribution in [0.25, 0.3) is 0 Å². The van der Waals surface area contributed by atoms with Gasteiger partial charge in [0.05, 0.1) is 11.8 Å². The third-order valence-corrected chi connectivity index (χ3v) is 3.73. The number of aromatic nitrogens is 1. The first-order valence-corrected chi connectivity index (χ1v) is 7.82. The predicted octanol–water partition coefficient (Wildman–Crippen LogP) is 0.733. The topological polar surface area (TPSA) is 71.1 Å². The molecule has 0 amide bonds. The maximum atomic E-state index is 10.8. The molecule has 0 saturated heterocycles. The average Bonchev–Trinajstić information content (AvgIpc) is 2.67. The third kappa shape index (κ3) is 5.55. The summed E-state index contributed by atoms with van der Waals surface area (Å²) in [7, 11) is -3.05. The van der Waals surface area contributed by atoms with E-state index in [1.54, 1.807) is 16.8 Å². The Labute approximate surface area is 100 Å². The zero-order chi connectivity index (χ0) is 12.0. The van der Waals surface area contributed by atoms with Crippen LogP contribution in [0.1, 0.15) is 24.3 Å². The van der Waals surface area contributed by atoms with Gasteiger partial charge in [-0.1, -0.05) is 0 Å². The van der Waals surface area contributed by atoms with Crippen molar-refractivity contribution in [2.24, 2.45) is 0 Å². The maximum Gasteiger partial charge on any atom is 0.208 e. The van der Waals surface area contributed by atoms with Crippen LogP contribution in [-0.2, 0) is 10.0 Å². The molecule has 0 spiro atoms. The summed E-state index contributed by atoms with van der Waals surface area (Å²) in [6.45, 7) is 3.32. The van der Waals surface area contributed by atoms with E-state index in [9.17, 15) is 8.42 Å². The van der Waals surface area contributed by atoms with Gasteiger partial charge in [-0.15, -0.1) is 11.3 Å². The molecule has 2 N–H and O–H groups in total. The van der Waals surface area contributed by atoms with Crippen LogP contribution in [0.15, 0.2) is 11.7 Å². The van der Waals surface area contributed by atoms with Crippen LogP contribution < -0.4 is 10.0 Å². The summed E-state index contributed by atoms with van der Waals surface area (Å²) in [6, 6.07) is 0.269. The lowest BCUT2D eigenvalue weighted by atomic mass is 10.3. The largest absolute Gasteiger partial charge is 0.309 e. The van der Waals surface area contributed by atoms with Gasteiger partial charge in [-0.25, -0.2) is 13.1 Å². The van der Waals surface area contributed by atoms with Crippen molar-refractivity contribution >= 4 is 21.4 Å². The van der Waals surface area contributed by atoms with Crippen LogP contribution in [0.3, 0.4) is 0 Å². The fourth-order valence-corrected chi connectivity index (χ4v) is 2.37. The molecule has 1 atom stereocenters. The SMILES string of the molecule is CC(NCCCNS(C)(=O)=O)c1cncs1. The van der Waals surface area contributed by atoms with E-state index >= 15 is 0 Å². The summed E-state index contributed by atoms with van der Waals surface area (Å²) in [5.41, 5.74) is 1.80. The van der Waals surface area contributed by atoms with Crippen LogP contribution >= 0.6 is 11.3 Å². The second kappa shape index (κ2) is 6.29. The number of rotatable bonds is 7. The number of nitrogens with one attached hydrogen (secondary N) is 2. The lowest BCUT2D eigenvalue weighted by Crippen LogP contribution is -2.27. The second-order valence-corrected chi connectivity index (χ2v) is 6.35. The molecule has 0 aliphatic carbocycles. The van der Waals surface area contributed by atoms with Gasteiger partial charge in [-0.05, 0) is 19.9 Å². The molecule has 1 unspecified atom stereocenters. The Hall–Kier alpha value is -0.500. The van der Waals surface area contributed by atoms with Crippen molar-refractivity contribution in [3.8, 4) is 0 Å². The lowest BCUT2D eigenvalue weighted by molar-refractivity contribution is 0.552. The zero-order valence-electron chi connectivity index (χ0n) is 9.43. The van der Waals surface area contributed by atoms with Crippen molar-refractivity contribution in [2.45, 2.75) is 19.4 Å². The average molecular weight is 263 g/mol. The Morgan fingerprint density at radius 3 is 2.81 bits per heavy atom. The van der Waals surface area contributed by atoms with E-state index in [1.165, 1.54) is 11.1 Å². The first-order chi connectivity index (χ1) is 7.49. The van der Waals surface area contributed by atoms with Crippen LogP contribution in [-0.4, -0.2) is 32.7 Å². The number of hydrogen-bond donors (Lipinski definition) is 2. The highest BCUT2D eigenvalue weighted by molar-refractivity contribution is 7.88. The van der Waals surface area contributed by atoms with Crippen molar-refractivity contribution in [3.05, 3.63) is 16.6 Å². The van der Waals surface area contributed by atoms with Gasteiger partial charge in [0.2, 0.25) is 10.0 Å². The van der Waals surface area contributed by atoms with Gasteiger partial charge in [0.15, 0.2) is 0 Å². The van der Waals surface area contributed by atoms with E-state index in [-0.39, 0.29) is 6.04 Å². The van der Waals surface area contributed by atoms with Gasteiger partial charge in [-0.3, -0.25) is 4.98 Å². The molecule has 0 aliphatic rings. The summed E-state index contributed by atoms with van der Waals surface area (Å²) >= 11 is 1.61. The van der Waals surface area contributed by atoms with Crippen molar-refractivity contribution in [2.75, 3.05) is 19.3 Å². The minimum Gasteiger partial charge on any atom is -0.309 e. The summed E-state index contributed by atoms with van der Waals surface area (Å²) in [6.07, 6.45) is 3.79. The Morgan fingerprint density at radius 1 is 1.50 bits per heavy atom. The standard InChI is InChI=1S/C9H17N3O2S2/c1-8(9-6-10-7-15-9)11-4-3-5-12-16(2,13)14/h6-8,11-12H,3-5H2,1-2H3. The summed E-state index contributed by atoms with van der Waals surface area (Å²) in [4.78, 5) is 5.20. The van der Waals surface area contributed by atoms with Crippen molar-refractivity contribution < 1.29 is 8.42 Å². The Kier molecular flexibility index (Phi) is 5.33. The molecule has 0 saturated carbocycles. The van der Waals surface area contributed by atoms with Crippen LogP contribution in [0.2, 0.25) is 0 Å². The molecule has 5 nitrogen and oxygen atoms in total. The van der Waals surface area contributed by atoms with E-state index in [1.807, 2.05) is 6.20 Å². The van der Waals surface area contributed by atoms with Gasteiger partial charge in [0, 0.05) is 23.7 Å². The zero-order valence-corrected chi connectivity index (χ0v) is 11.1. The van der Waals surface area contributed by atoms with Crippen molar-refractivity contribution in [3.63, 3.8) is 0 Å². The number of sulfonamides is 1. The van der Waals surface area contributed by atoms with E-state index in [4.69, 9.17) is 0 Å². The quantitative estimate of drug-likeness (QED) is 0.712. The number of hydrogen-bond acceptors (Lipinski definition) is 5. The number of thiazole rings is 1. The van der Waals surface area contributed by atoms with E-state index in [0.29, 0.717) is 6.54 Å². The molecule has 7 heteroatoms. The van der Waals surface area contributed by atoms with E-state index < -0.39 is 10.0 Å². The van der Waals surface area contributed by atoms with Crippen LogP contribution in [0.5, 0.6) is 0 Å². The van der Waals surface area contributed by atoms with Gasteiger partial charge in [0.1, 0.15) is 0 Å². The molecule has 0 bridgehead atoms. The van der Waals surface area contributed by atoms with Crippen LogP contribution in [0.4, 0.5) is 0 Å². The fraction of sp³-hybridized carbons (Fsp3) is 0.667. The predicted molar refractivity (Wildman–Crippen MR) is 66.0 cm³/mol. The summed E-state index contributed by atoms with van der Waals surface area (Å²) < 4.78 is 24.0. The monoisotopic (exact) mass is 263 g/mol. The molecule has 16 heavy (non-hydrogen) atoms. The minimum absolute atomic E-state index is 0.269. The van der Waals surface area contributed by atoms with Crippen molar-refractivity contribution in [1.29, 1.82) is 0 Å². The normalized spacial score (nSPS) is 13.9. The highest BCUT2D eigenvalue weighted by Gasteiger charge is 2.05. The summed E-state index contributed by atoms with van der Waals surface area (Å²) in [5, 5.41) is 3.31. The maximum absolute atomic E-state index is 10.8. The smallest absolute Gasteiger partial charge is 0.208 e. The van der Waals surface area contributed by atoms with Gasteiger partial charge in [0.25, 0.3) is 0 Å². The number of nitrogens with zero attached hydrogens (tertiary/aromatic N) is 1. The van der Waals surface area contributed by atoms with Gasteiger partial charge < -0.3 is 5.32 Å². The molecule has 92 valence electrons. The molecular weight excluding hydrogens is 246 g/mol.